The lowest BCUT2D eigenvalue weighted by Crippen LogP contribution is -2.18. The van der Waals surface area contributed by atoms with Gasteiger partial charge in [-0.2, -0.15) is 10.4 Å². The molecule has 0 aliphatic heterocycles. The topological polar surface area (TPSA) is 87.9 Å². The van der Waals surface area contributed by atoms with E-state index in [4.69, 9.17) is 11.0 Å². The summed E-state index contributed by atoms with van der Waals surface area (Å²) in [6.45, 7) is 0. The first-order chi connectivity index (χ1) is 6.72. The first-order valence-electron chi connectivity index (χ1n) is 4.65. The van der Waals surface area contributed by atoms with Crippen LogP contribution in [0.25, 0.3) is 0 Å². The van der Waals surface area contributed by atoms with Crippen LogP contribution in [0.1, 0.15) is 30.9 Å². The van der Waals surface area contributed by atoms with Gasteiger partial charge in [0.15, 0.2) is 5.82 Å². The van der Waals surface area contributed by atoms with Crippen LogP contribution in [0.3, 0.4) is 0 Å². The van der Waals surface area contributed by atoms with Crippen LogP contribution >= 0.6 is 0 Å². The lowest BCUT2D eigenvalue weighted by Gasteiger charge is -2.14. The van der Waals surface area contributed by atoms with Crippen molar-refractivity contribution >= 4 is 5.82 Å². The number of nitrogens with zero attached hydrogens (tertiary/aromatic N) is 3. The Hall–Kier alpha value is -1.54. The summed E-state index contributed by atoms with van der Waals surface area (Å²) in [5, 5.41) is 22.4. The number of aromatic nitrogens is 2. The van der Waals surface area contributed by atoms with E-state index in [1.807, 2.05) is 6.07 Å². The van der Waals surface area contributed by atoms with Crippen molar-refractivity contribution in [3.05, 3.63) is 11.8 Å². The first-order valence-corrected chi connectivity index (χ1v) is 4.65. The van der Waals surface area contributed by atoms with Crippen molar-refractivity contribution in [3.8, 4) is 6.07 Å². The second-order valence-corrected chi connectivity index (χ2v) is 3.59. The second kappa shape index (κ2) is 3.31. The zero-order valence-electron chi connectivity index (χ0n) is 7.72. The van der Waals surface area contributed by atoms with Gasteiger partial charge in [0.1, 0.15) is 11.6 Å². The molecular formula is C9H12N4O. The zero-order valence-corrected chi connectivity index (χ0v) is 7.72. The summed E-state index contributed by atoms with van der Waals surface area (Å²) in [6.07, 6.45) is 3.93. The maximum atomic E-state index is 9.63. The largest absolute Gasteiger partial charge is 0.391 e. The van der Waals surface area contributed by atoms with Crippen molar-refractivity contribution in [1.29, 1.82) is 5.26 Å². The Morgan fingerprint density at radius 1 is 1.64 bits per heavy atom. The monoisotopic (exact) mass is 192 g/mol. The van der Waals surface area contributed by atoms with Crippen molar-refractivity contribution in [2.75, 3.05) is 5.73 Å². The van der Waals surface area contributed by atoms with Gasteiger partial charge in [-0.1, -0.05) is 0 Å². The van der Waals surface area contributed by atoms with Crippen molar-refractivity contribution in [3.63, 3.8) is 0 Å². The lowest BCUT2D eigenvalue weighted by molar-refractivity contribution is 0.130. The Kier molecular flexibility index (Phi) is 2.14. The minimum atomic E-state index is -0.360. The fourth-order valence-electron chi connectivity index (χ4n) is 1.89. The summed E-state index contributed by atoms with van der Waals surface area (Å²) in [5.41, 5.74) is 5.91. The SMILES string of the molecule is N#Cc1cn(C2CCCC2O)nc1N. The number of hydrogen-bond donors (Lipinski definition) is 2. The predicted octanol–water partition coefficient (Wildman–Crippen LogP) is 0.423. The van der Waals surface area contributed by atoms with Gasteiger partial charge in [0.25, 0.3) is 0 Å². The number of aliphatic hydroxyl groups is 1. The van der Waals surface area contributed by atoms with Crippen molar-refractivity contribution in [2.24, 2.45) is 0 Å². The molecule has 0 spiro atoms. The van der Waals surface area contributed by atoms with E-state index in [1.165, 1.54) is 0 Å². The molecule has 2 atom stereocenters. The molecule has 1 aliphatic rings. The zero-order chi connectivity index (χ0) is 10.1. The molecule has 14 heavy (non-hydrogen) atoms. The highest BCUT2D eigenvalue weighted by atomic mass is 16.3. The van der Waals surface area contributed by atoms with Gasteiger partial charge in [-0.05, 0) is 19.3 Å². The first kappa shape index (κ1) is 9.03. The van der Waals surface area contributed by atoms with Gasteiger partial charge in [-0.15, -0.1) is 0 Å². The summed E-state index contributed by atoms with van der Waals surface area (Å²) in [6, 6.07) is 1.95. The Labute approximate surface area is 81.7 Å². The number of aliphatic hydroxyl groups excluding tert-OH is 1. The van der Waals surface area contributed by atoms with E-state index in [2.05, 4.69) is 5.10 Å². The molecule has 0 saturated heterocycles. The average molecular weight is 192 g/mol. The summed E-state index contributed by atoms with van der Waals surface area (Å²) in [4.78, 5) is 0. The highest BCUT2D eigenvalue weighted by Gasteiger charge is 2.27. The van der Waals surface area contributed by atoms with Crippen LogP contribution in [0.15, 0.2) is 6.20 Å². The van der Waals surface area contributed by atoms with Crippen molar-refractivity contribution in [1.82, 2.24) is 9.78 Å². The van der Waals surface area contributed by atoms with Crippen LogP contribution < -0.4 is 5.73 Å². The third-order valence-corrected chi connectivity index (χ3v) is 2.66. The normalized spacial score (nSPS) is 26.3. The Morgan fingerprint density at radius 3 is 2.93 bits per heavy atom. The minimum absolute atomic E-state index is 0.0144. The smallest absolute Gasteiger partial charge is 0.163 e. The molecule has 1 heterocycles. The fraction of sp³-hybridized carbons (Fsp3) is 0.556. The van der Waals surface area contributed by atoms with Gasteiger partial charge in [-0.3, -0.25) is 4.68 Å². The molecule has 1 aliphatic carbocycles. The van der Waals surface area contributed by atoms with E-state index in [9.17, 15) is 5.11 Å². The van der Waals surface area contributed by atoms with E-state index in [1.54, 1.807) is 10.9 Å². The maximum Gasteiger partial charge on any atom is 0.163 e. The van der Waals surface area contributed by atoms with Gasteiger partial charge in [0, 0.05) is 6.20 Å². The van der Waals surface area contributed by atoms with Gasteiger partial charge >= 0.3 is 0 Å². The molecule has 74 valence electrons. The van der Waals surface area contributed by atoms with Crippen molar-refractivity contribution < 1.29 is 5.11 Å². The Bertz CT molecular complexity index is 379. The third-order valence-electron chi connectivity index (χ3n) is 2.66. The molecule has 2 rings (SSSR count). The quantitative estimate of drug-likeness (QED) is 0.675. The van der Waals surface area contributed by atoms with E-state index in [0.29, 0.717) is 5.56 Å². The highest BCUT2D eigenvalue weighted by Crippen LogP contribution is 2.30. The van der Waals surface area contributed by atoms with Gasteiger partial charge in [0.05, 0.1) is 12.1 Å². The van der Waals surface area contributed by atoms with Crippen LogP contribution in [0.4, 0.5) is 5.82 Å². The fourth-order valence-corrected chi connectivity index (χ4v) is 1.89. The van der Waals surface area contributed by atoms with Gasteiger partial charge in [0.2, 0.25) is 0 Å². The second-order valence-electron chi connectivity index (χ2n) is 3.59. The highest BCUT2D eigenvalue weighted by molar-refractivity contribution is 5.46. The number of nitrogen functional groups attached to an aromatic ring is 1. The van der Waals surface area contributed by atoms with Crippen LogP contribution in [0.2, 0.25) is 0 Å². The molecule has 0 bridgehead atoms. The molecule has 0 aromatic carbocycles. The third kappa shape index (κ3) is 1.34. The molecule has 2 unspecified atom stereocenters. The van der Waals surface area contributed by atoms with E-state index < -0.39 is 0 Å². The van der Waals surface area contributed by atoms with Gasteiger partial charge in [-0.25, -0.2) is 0 Å². The van der Waals surface area contributed by atoms with Crippen LogP contribution in [-0.2, 0) is 0 Å². The van der Waals surface area contributed by atoms with Crippen LogP contribution in [-0.4, -0.2) is 21.0 Å². The molecule has 3 N–H and O–H groups in total. The molecule has 1 aromatic rings. The molecule has 1 aromatic heterocycles. The van der Waals surface area contributed by atoms with Crippen LogP contribution in [0, 0.1) is 11.3 Å². The molecule has 1 fully saturated rings. The number of anilines is 1. The molecule has 1 saturated carbocycles. The maximum absolute atomic E-state index is 9.63. The van der Waals surface area contributed by atoms with E-state index in [-0.39, 0.29) is 18.0 Å². The number of nitrogens with two attached hydrogens (primary N) is 1. The van der Waals surface area contributed by atoms with Crippen LogP contribution in [0.5, 0.6) is 0 Å². The number of nitriles is 1. The summed E-state index contributed by atoms with van der Waals surface area (Å²) in [5.74, 6) is 0.242. The summed E-state index contributed by atoms with van der Waals surface area (Å²) < 4.78 is 1.62. The van der Waals surface area contributed by atoms with Gasteiger partial charge < -0.3 is 10.8 Å². The van der Waals surface area contributed by atoms with Crippen molar-refractivity contribution in [2.45, 2.75) is 31.4 Å². The average Bonchev–Trinajstić information content (AvgIpc) is 2.71. The standard InChI is InChI=1S/C9H12N4O/c10-4-6-5-13(12-9(6)11)7-2-1-3-8(7)14/h5,7-8,14H,1-3H2,(H2,11,12). The summed E-state index contributed by atoms with van der Waals surface area (Å²) >= 11 is 0. The Balaban J connectivity index is 2.29. The summed E-state index contributed by atoms with van der Waals surface area (Å²) in [7, 11) is 0. The van der Waals surface area contributed by atoms with E-state index >= 15 is 0 Å². The molecular weight excluding hydrogens is 180 g/mol. The lowest BCUT2D eigenvalue weighted by atomic mass is 10.2. The Morgan fingerprint density at radius 2 is 2.43 bits per heavy atom. The molecule has 5 nitrogen and oxygen atoms in total. The molecule has 0 radical (unpaired) electrons. The number of rotatable bonds is 1. The predicted molar refractivity (Wildman–Crippen MR) is 50.2 cm³/mol. The number of hydrogen-bond acceptors (Lipinski definition) is 4. The molecule has 5 heteroatoms. The minimum Gasteiger partial charge on any atom is -0.391 e. The van der Waals surface area contributed by atoms with E-state index in [0.717, 1.165) is 19.3 Å². The molecule has 0 amide bonds.